The summed E-state index contributed by atoms with van der Waals surface area (Å²) in [5, 5.41) is 5.62. The standard InChI is InChI=1S/C22H21N3O3.C2H6/c1-3-28-20-11-7-5-9-18(20)22(27)25-19-10-6-4-8-17(19)21(26)24-16-12-15(2)13-23-14-16;1-2/h4-14H,3H2,1-2H3,(H,24,26)(H,25,27);1-2H3. The van der Waals surface area contributed by atoms with Gasteiger partial charge in [-0.1, -0.05) is 38.1 Å². The van der Waals surface area contributed by atoms with Crippen molar-refractivity contribution in [3.8, 4) is 5.75 Å². The summed E-state index contributed by atoms with van der Waals surface area (Å²) >= 11 is 0. The molecule has 0 fully saturated rings. The lowest BCUT2D eigenvalue weighted by Gasteiger charge is -2.13. The third-order valence-corrected chi connectivity index (χ3v) is 3.98. The van der Waals surface area contributed by atoms with Crippen LogP contribution < -0.4 is 15.4 Å². The van der Waals surface area contributed by atoms with E-state index in [1.807, 2.05) is 33.8 Å². The molecule has 0 spiro atoms. The molecule has 0 bridgehead atoms. The fourth-order valence-corrected chi connectivity index (χ4v) is 2.74. The molecule has 0 radical (unpaired) electrons. The zero-order chi connectivity index (χ0) is 21.9. The molecule has 0 aliphatic rings. The highest BCUT2D eigenvalue weighted by Gasteiger charge is 2.17. The van der Waals surface area contributed by atoms with Crippen LogP contribution >= 0.6 is 0 Å². The molecule has 6 nitrogen and oxygen atoms in total. The second-order valence-corrected chi connectivity index (χ2v) is 6.13. The topological polar surface area (TPSA) is 80.3 Å². The van der Waals surface area contributed by atoms with E-state index in [2.05, 4.69) is 15.6 Å². The van der Waals surface area contributed by atoms with E-state index >= 15 is 0 Å². The van der Waals surface area contributed by atoms with Crippen LogP contribution in [0.5, 0.6) is 5.75 Å². The molecule has 2 amide bonds. The van der Waals surface area contributed by atoms with Crippen molar-refractivity contribution in [1.29, 1.82) is 0 Å². The number of anilines is 2. The number of aryl methyl sites for hydroxylation is 1. The molecule has 3 aromatic rings. The Morgan fingerprint density at radius 3 is 2.23 bits per heavy atom. The summed E-state index contributed by atoms with van der Waals surface area (Å²) in [5.41, 5.74) is 2.70. The number of aromatic nitrogens is 1. The second kappa shape index (κ2) is 11.4. The number of ether oxygens (including phenoxy) is 1. The van der Waals surface area contributed by atoms with Gasteiger partial charge in [0.2, 0.25) is 0 Å². The average Bonchev–Trinajstić information content (AvgIpc) is 2.76. The summed E-state index contributed by atoms with van der Waals surface area (Å²) in [5.74, 6) is -0.182. The SMILES string of the molecule is CC.CCOc1ccccc1C(=O)Nc1ccccc1C(=O)Nc1cncc(C)c1. The number of carbonyl (C=O) groups is 2. The molecular weight excluding hydrogens is 378 g/mol. The van der Waals surface area contributed by atoms with Gasteiger partial charge in [-0.05, 0) is 49.7 Å². The molecule has 0 unspecified atom stereocenters. The van der Waals surface area contributed by atoms with E-state index in [0.29, 0.717) is 34.9 Å². The van der Waals surface area contributed by atoms with Gasteiger partial charge in [-0.2, -0.15) is 0 Å². The number of hydrogen-bond acceptors (Lipinski definition) is 4. The number of pyridine rings is 1. The number of hydrogen-bond donors (Lipinski definition) is 2. The molecule has 0 saturated heterocycles. The van der Waals surface area contributed by atoms with Gasteiger partial charge in [-0.15, -0.1) is 0 Å². The monoisotopic (exact) mass is 405 g/mol. The minimum Gasteiger partial charge on any atom is -0.493 e. The predicted octanol–water partition coefficient (Wildman–Crippen LogP) is 5.32. The Kier molecular flexibility index (Phi) is 8.56. The Balaban J connectivity index is 0.00000155. The predicted molar refractivity (Wildman–Crippen MR) is 120 cm³/mol. The lowest BCUT2D eigenvalue weighted by Crippen LogP contribution is -2.19. The summed E-state index contributed by atoms with van der Waals surface area (Å²) in [6.45, 7) is 8.20. The summed E-state index contributed by atoms with van der Waals surface area (Å²) in [4.78, 5) is 29.5. The van der Waals surface area contributed by atoms with E-state index in [1.54, 1.807) is 60.9 Å². The Labute approximate surface area is 177 Å². The van der Waals surface area contributed by atoms with Crippen LogP contribution in [0.2, 0.25) is 0 Å². The molecule has 0 atom stereocenters. The minimum absolute atomic E-state index is 0.332. The highest BCUT2D eigenvalue weighted by Crippen LogP contribution is 2.22. The Hall–Kier alpha value is -3.67. The Morgan fingerprint density at radius 2 is 1.53 bits per heavy atom. The third kappa shape index (κ3) is 5.91. The first-order valence-electron chi connectivity index (χ1n) is 9.93. The number of nitrogens with one attached hydrogen (secondary N) is 2. The van der Waals surface area contributed by atoms with Crippen LogP contribution in [0.4, 0.5) is 11.4 Å². The van der Waals surface area contributed by atoms with E-state index in [-0.39, 0.29) is 11.8 Å². The van der Waals surface area contributed by atoms with E-state index in [9.17, 15) is 9.59 Å². The van der Waals surface area contributed by atoms with Gasteiger partial charge in [-0.25, -0.2) is 0 Å². The van der Waals surface area contributed by atoms with Crippen LogP contribution in [-0.2, 0) is 0 Å². The highest BCUT2D eigenvalue weighted by atomic mass is 16.5. The van der Waals surface area contributed by atoms with Crippen molar-refractivity contribution in [3.63, 3.8) is 0 Å². The number of nitrogens with zero attached hydrogens (tertiary/aromatic N) is 1. The molecule has 6 heteroatoms. The first-order chi connectivity index (χ1) is 14.6. The third-order valence-electron chi connectivity index (χ3n) is 3.98. The molecule has 0 aliphatic heterocycles. The summed E-state index contributed by atoms with van der Waals surface area (Å²) in [7, 11) is 0. The summed E-state index contributed by atoms with van der Waals surface area (Å²) in [6.07, 6.45) is 3.28. The summed E-state index contributed by atoms with van der Waals surface area (Å²) in [6, 6.07) is 15.7. The zero-order valence-corrected chi connectivity index (χ0v) is 17.7. The van der Waals surface area contributed by atoms with Gasteiger partial charge in [0.25, 0.3) is 11.8 Å². The lowest BCUT2D eigenvalue weighted by atomic mass is 10.1. The van der Waals surface area contributed by atoms with Crippen molar-refractivity contribution in [2.45, 2.75) is 27.7 Å². The molecule has 0 aliphatic carbocycles. The number of benzene rings is 2. The first-order valence-corrected chi connectivity index (χ1v) is 9.93. The van der Waals surface area contributed by atoms with Gasteiger partial charge in [0.05, 0.1) is 35.3 Å². The van der Waals surface area contributed by atoms with Gasteiger partial charge >= 0.3 is 0 Å². The van der Waals surface area contributed by atoms with E-state index < -0.39 is 0 Å². The van der Waals surface area contributed by atoms with E-state index in [1.165, 1.54) is 0 Å². The quantitative estimate of drug-likeness (QED) is 0.582. The molecule has 2 N–H and O–H groups in total. The molecular formula is C24H27N3O3. The van der Waals surface area contributed by atoms with Crippen molar-refractivity contribution in [2.75, 3.05) is 17.2 Å². The largest absolute Gasteiger partial charge is 0.493 e. The minimum atomic E-state index is -0.346. The van der Waals surface area contributed by atoms with E-state index in [0.717, 1.165) is 5.56 Å². The van der Waals surface area contributed by atoms with Crippen LogP contribution in [0.3, 0.4) is 0 Å². The first kappa shape index (κ1) is 22.6. The smallest absolute Gasteiger partial charge is 0.259 e. The Bertz CT molecular complexity index is 1000. The van der Waals surface area contributed by atoms with Crippen LogP contribution in [0.1, 0.15) is 47.1 Å². The van der Waals surface area contributed by atoms with Crippen LogP contribution in [0, 0.1) is 6.92 Å². The average molecular weight is 405 g/mol. The molecule has 2 aromatic carbocycles. The van der Waals surface area contributed by atoms with Gasteiger partial charge < -0.3 is 15.4 Å². The van der Waals surface area contributed by atoms with Crippen LogP contribution in [0.25, 0.3) is 0 Å². The molecule has 156 valence electrons. The highest BCUT2D eigenvalue weighted by molar-refractivity contribution is 6.13. The molecule has 0 saturated carbocycles. The van der Waals surface area contributed by atoms with Gasteiger partial charge in [-0.3, -0.25) is 14.6 Å². The maximum absolute atomic E-state index is 12.8. The van der Waals surface area contributed by atoms with Crippen molar-refractivity contribution in [3.05, 3.63) is 83.7 Å². The number of rotatable bonds is 6. The van der Waals surface area contributed by atoms with E-state index in [4.69, 9.17) is 4.74 Å². The lowest BCUT2D eigenvalue weighted by molar-refractivity contribution is 0.102. The fraction of sp³-hybridized carbons (Fsp3) is 0.208. The fourth-order valence-electron chi connectivity index (χ4n) is 2.74. The number of para-hydroxylation sites is 2. The van der Waals surface area contributed by atoms with Crippen LogP contribution in [0.15, 0.2) is 67.0 Å². The van der Waals surface area contributed by atoms with Crippen molar-refractivity contribution < 1.29 is 14.3 Å². The van der Waals surface area contributed by atoms with Gasteiger partial charge in [0.15, 0.2) is 0 Å². The maximum Gasteiger partial charge on any atom is 0.259 e. The molecule has 30 heavy (non-hydrogen) atoms. The molecule has 1 aromatic heterocycles. The van der Waals surface area contributed by atoms with Crippen LogP contribution in [-0.4, -0.2) is 23.4 Å². The van der Waals surface area contributed by atoms with Gasteiger partial charge in [0.1, 0.15) is 5.75 Å². The second-order valence-electron chi connectivity index (χ2n) is 6.13. The summed E-state index contributed by atoms with van der Waals surface area (Å²) < 4.78 is 5.52. The van der Waals surface area contributed by atoms with Crippen molar-refractivity contribution in [2.24, 2.45) is 0 Å². The van der Waals surface area contributed by atoms with Gasteiger partial charge in [0, 0.05) is 6.20 Å². The normalized spacial score (nSPS) is 9.73. The number of carbonyl (C=O) groups excluding carboxylic acids is 2. The number of amides is 2. The molecule has 1 heterocycles. The Morgan fingerprint density at radius 1 is 0.900 bits per heavy atom. The molecule has 3 rings (SSSR count). The maximum atomic E-state index is 12.8. The van der Waals surface area contributed by atoms with Crippen molar-refractivity contribution >= 4 is 23.2 Å². The zero-order valence-electron chi connectivity index (χ0n) is 17.7. The van der Waals surface area contributed by atoms with Crippen molar-refractivity contribution in [1.82, 2.24) is 4.98 Å².